The molecule has 0 saturated heterocycles. The zero-order valence-electron chi connectivity index (χ0n) is 10.4. The topological polar surface area (TPSA) is 61.5 Å². The molecule has 0 radical (unpaired) electrons. The van der Waals surface area contributed by atoms with E-state index in [-0.39, 0.29) is 5.78 Å². The number of carbonyl (C=O) groups is 1. The fourth-order valence-electron chi connectivity index (χ4n) is 1.68. The van der Waals surface area contributed by atoms with Crippen molar-refractivity contribution in [1.29, 1.82) is 0 Å². The molecule has 0 bridgehead atoms. The van der Waals surface area contributed by atoms with Crippen LogP contribution in [0.2, 0.25) is 0 Å². The average Bonchev–Trinajstić information content (AvgIpc) is 2.37. The summed E-state index contributed by atoms with van der Waals surface area (Å²) in [4.78, 5) is 12.1. The Morgan fingerprint density at radius 1 is 1.18 bits per heavy atom. The molecule has 0 amide bonds. The smallest absolute Gasteiger partial charge is 0.170 e. The predicted molar refractivity (Wildman–Crippen MR) is 66.8 cm³/mol. The molecule has 2 N–H and O–H groups in total. The number of benzene rings is 1. The van der Waals surface area contributed by atoms with E-state index < -0.39 is 0 Å². The third kappa shape index (κ3) is 3.46. The molecule has 0 unspecified atom stereocenters. The molecule has 0 atom stereocenters. The molecule has 0 heterocycles. The number of methoxy groups -OCH3 is 2. The second kappa shape index (κ2) is 6.91. The summed E-state index contributed by atoms with van der Waals surface area (Å²) in [7, 11) is 3.09. The van der Waals surface area contributed by atoms with Gasteiger partial charge in [0.25, 0.3) is 0 Å². The third-order valence-corrected chi connectivity index (χ3v) is 2.56. The first-order chi connectivity index (χ1) is 8.24. The number of Topliss-reactive ketones (excluding diaryl/α,β-unsaturated/α-hetero) is 1. The van der Waals surface area contributed by atoms with Gasteiger partial charge in [-0.3, -0.25) is 4.79 Å². The Hall–Kier alpha value is -1.55. The zero-order valence-corrected chi connectivity index (χ0v) is 10.4. The molecule has 17 heavy (non-hydrogen) atoms. The van der Waals surface area contributed by atoms with Gasteiger partial charge in [-0.05, 0) is 31.5 Å². The van der Waals surface area contributed by atoms with Gasteiger partial charge in [-0.2, -0.15) is 0 Å². The Morgan fingerprint density at radius 2 is 1.76 bits per heavy atom. The van der Waals surface area contributed by atoms with Crippen LogP contribution >= 0.6 is 0 Å². The Morgan fingerprint density at radius 3 is 2.24 bits per heavy atom. The molecule has 4 nitrogen and oxygen atoms in total. The lowest BCUT2D eigenvalue weighted by molar-refractivity contribution is 0.0973. The summed E-state index contributed by atoms with van der Waals surface area (Å²) in [6, 6.07) is 5.33. The highest BCUT2D eigenvalue weighted by Gasteiger charge is 2.17. The standard InChI is InChI=1S/C13H19NO3/c1-16-11-7-5-8-12(17-2)13(11)10(15)6-3-4-9-14/h5,7-8H,3-4,6,9,14H2,1-2H3. The third-order valence-electron chi connectivity index (χ3n) is 2.56. The van der Waals surface area contributed by atoms with E-state index in [2.05, 4.69) is 0 Å². The van der Waals surface area contributed by atoms with E-state index in [0.29, 0.717) is 30.0 Å². The fraction of sp³-hybridized carbons (Fsp3) is 0.462. The summed E-state index contributed by atoms with van der Waals surface area (Å²) in [6.07, 6.45) is 2.10. The van der Waals surface area contributed by atoms with E-state index in [9.17, 15) is 4.79 Å². The van der Waals surface area contributed by atoms with Gasteiger partial charge in [0.2, 0.25) is 0 Å². The summed E-state index contributed by atoms with van der Waals surface area (Å²) >= 11 is 0. The van der Waals surface area contributed by atoms with Gasteiger partial charge in [-0.25, -0.2) is 0 Å². The molecule has 1 rings (SSSR count). The van der Waals surface area contributed by atoms with E-state index >= 15 is 0 Å². The normalized spacial score (nSPS) is 10.1. The number of hydrogen-bond donors (Lipinski definition) is 1. The SMILES string of the molecule is COc1cccc(OC)c1C(=O)CCCCN. The average molecular weight is 237 g/mol. The number of ether oxygens (including phenoxy) is 2. The highest BCUT2D eigenvalue weighted by molar-refractivity contribution is 6.01. The maximum Gasteiger partial charge on any atom is 0.170 e. The van der Waals surface area contributed by atoms with Gasteiger partial charge in [0.15, 0.2) is 5.78 Å². The molecule has 0 aliphatic rings. The Bertz CT molecular complexity index is 355. The molecule has 0 aliphatic heterocycles. The maximum absolute atomic E-state index is 12.1. The molecule has 0 aliphatic carbocycles. The highest BCUT2D eigenvalue weighted by Crippen LogP contribution is 2.29. The Labute approximate surface area is 102 Å². The zero-order chi connectivity index (χ0) is 12.7. The van der Waals surface area contributed by atoms with Crippen LogP contribution < -0.4 is 15.2 Å². The molecule has 0 saturated carbocycles. The number of ketones is 1. The number of carbonyl (C=O) groups excluding carboxylic acids is 1. The van der Waals surface area contributed by atoms with Crippen molar-refractivity contribution in [1.82, 2.24) is 0 Å². The van der Waals surface area contributed by atoms with Crippen molar-refractivity contribution in [3.8, 4) is 11.5 Å². The number of rotatable bonds is 7. The Kier molecular flexibility index (Phi) is 5.49. The van der Waals surface area contributed by atoms with Crippen LogP contribution in [0.5, 0.6) is 11.5 Å². The minimum Gasteiger partial charge on any atom is -0.496 e. The van der Waals surface area contributed by atoms with Crippen LogP contribution in [0, 0.1) is 0 Å². The van der Waals surface area contributed by atoms with E-state index in [0.717, 1.165) is 12.8 Å². The molecule has 4 heteroatoms. The van der Waals surface area contributed by atoms with Gasteiger partial charge in [0.05, 0.1) is 14.2 Å². The van der Waals surface area contributed by atoms with Crippen LogP contribution in [-0.4, -0.2) is 26.5 Å². The van der Waals surface area contributed by atoms with Crippen molar-refractivity contribution in [3.63, 3.8) is 0 Å². The molecular weight excluding hydrogens is 218 g/mol. The molecule has 1 aromatic carbocycles. The predicted octanol–water partition coefficient (Wildman–Crippen LogP) is 2.02. The monoisotopic (exact) mass is 237 g/mol. The summed E-state index contributed by atoms with van der Waals surface area (Å²) in [5.41, 5.74) is 5.93. The first-order valence-corrected chi connectivity index (χ1v) is 5.68. The van der Waals surface area contributed by atoms with Crippen molar-refractivity contribution in [2.75, 3.05) is 20.8 Å². The quantitative estimate of drug-likeness (QED) is 0.582. The molecular formula is C13H19NO3. The molecule has 0 aromatic heterocycles. The second-order valence-corrected chi connectivity index (χ2v) is 3.71. The van der Waals surface area contributed by atoms with Gasteiger partial charge >= 0.3 is 0 Å². The van der Waals surface area contributed by atoms with Crippen molar-refractivity contribution >= 4 is 5.78 Å². The van der Waals surface area contributed by atoms with Crippen LogP contribution in [-0.2, 0) is 0 Å². The molecule has 0 spiro atoms. The van der Waals surface area contributed by atoms with E-state index in [4.69, 9.17) is 15.2 Å². The van der Waals surface area contributed by atoms with Gasteiger partial charge in [0, 0.05) is 6.42 Å². The summed E-state index contributed by atoms with van der Waals surface area (Å²) in [5, 5.41) is 0. The maximum atomic E-state index is 12.1. The van der Waals surface area contributed by atoms with Crippen LogP contribution in [0.3, 0.4) is 0 Å². The highest BCUT2D eigenvalue weighted by atomic mass is 16.5. The number of nitrogens with two attached hydrogens (primary N) is 1. The van der Waals surface area contributed by atoms with Crippen LogP contribution in [0.15, 0.2) is 18.2 Å². The Balaban J connectivity index is 2.89. The molecule has 1 aromatic rings. The minimum absolute atomic E-state index is 0.0350. The van der Waals surface area contributed by atoms with E-state index in [1.807, 2.05) is 0 Å². The number of hydrogen-bond acceptors (Lipinski definition) is 4. The number of unbranched alkanes of at least 4 members (excludes halogenated alkanes) is 1. The summed E-state index contributed by atoms with van der Waals surface area (Å²) < 4.78 is 10.4. The summed E-state index contributed by atoms with van der Waals surface area (Å²) in [6.45, 7) is 0.607. The molecule has 94 valence electrons. The first-order valence-electron chi connectivity index (χ1n) is 5.68. The second-order valence-electron chi connectivity index (χ2n) is 3.71. The van der Waals surface area contributed by atoms with Crippen LogP contribution in [0.25, 0.3) is 0 Å². The fourth-order valence-corrected chi connectivity index (χ4v) is 1.68. The van der Waals surface area contributed by atoms with Crippen molar-refractivity contribution < 1.29 is 14.3 Å². The lowest BCUT2D eigenvalue weighted by atomic mass is 10.0. The van der Waals surface area contributed by atoms with Crippen molar-refractivity contribution in [3.05, 3.63) is 23.8 Å². The van der Waals surface area contributed by atoms with E-state index in [1.54, 1.807) is 32.4 Å². The lowest BCUT2D eigenvalue weighted by Gasteiger charge is -2.11. The van der Waals surface area contributed by atoms with Gasteiger partial charge in [-0.1, -0.05) is 6.07 Å². The minimum atomic E-state index is 0.0350. The van der Waals surface area contributed by atoms with E-state index in [1.165, 1.54) is 0 Å². The first kappa shape index (κ1) is 13.5. The van der Waals surface area contributed by atoms with Crippen LogP contribution in [0.1, 0.15) is 29.6 Å². The van der Waals surface area contributed by atoms with Gasteiger partial charge in [0.1, 0.15) is 17.1 Å². The van der Waals surface area contributed by atoms with Crippen molar-refractivity contribution in [2.24, 2.45) is 5.73 Å². The largest absolute Gasteiger partial charge is 0.496 e. The molecule has 0 fully saturated rings. The van der Waals surface area contributed by atoms with Gasteiger partial charge in [-0.15, -0.1) is 0 Å². The van der Waals surface area contributed by atoms with Crippen LogP contribution in [0.4, 0.5) is 0 Å². The summed E-state index contributed by atoms with van der Waals surface area (Å²) in [5.74, 6) is 1.15. The lowest BCUT2D eigenvalue weighted by Crippen LogP contribution is -2.06. The van der Waals surface area contributed by atoms with Gasteiger partial charge < -0.3 is 15.2 Å². The van der Waals surface area contributed by atoms with Crippen molar-refractivity contribution in [2.45, 2.75) is 19.3 Å².